The van der Waals surface area contributed by atoms with Crippen LogP contribution in [0, 0.1) is 11.8 Å². The maximum Gasteiger partial charge on any atom is 0.0820 e. The lowest BCUT2D eigenvalue weighted by Crippen LogP contribution is -2.39. The van der Waals surface area contributed by atoms with Crippen LogP contribution in [0.15, 0.2) is 0 Å². The minimum absolute atomic E-state index is 0.225. The lowest BCUT2D eigenvalue weighted by Gasteiger charge is -2.26. The van der Waals surface area contributed by atoms with Crippen LogP contribution in [0.25, 0.3) is 0 Å². The zero-order chi connectivity index (χ0) is 10.7. The average molecular weight is 212 g/mol. The van der Waals surface area contributed by atoms with E-state index in [9.17, 15) is 0 Å². The van der Waals surface area contributed by atoms with Crippen molar-refractivity contribution < 1.29 is 4.74 Å². The highest BCUT2D eigenvalue weighted by Crippen LogP contribution is 2.33. The molecule has 2 fully saturated rings. The van der Waals surface area contributed by atoms with Crippen molar-refractivity contribution in [2.45, 2.75) is 31.8 Å². The van der Waals surface area contributed by atoms with Gasteiger partial charge in [-0.05, 0) is 37.5 Å². The Morgan fingerprint density at radius 3 is 2.07 bits per heavy atom. The van der Waals surface area contributed by atoms with Crippen molar-refractivity contribution in [2.75, 3.05) is 33.3 Å². The predicted octanol–water partition coefficient (Wildman–Crippen LogP) is 1.08. The lowest BCUT2D eigenvalue weighted by molar-refractivity contribution is 0.0665. The summed E-state index contributed by atoms with van der Waals surface area (Å²) in [5.41, 5.74) is 5.67. The van der Waals surface area contributed by atoms with Gasteiger partial charge in [0.25, 0.3) is 0 Å². The summed E-state index contributed by atoms with van der Waals surface area (Å²) < 4.78 is 5.37. The summed E-state index contributed by atoms with van der Waals surface area (Å²) in [5, 5.41) is 0. The molecule has 0 bridgehead atoms. The van der Waals surface area contributed by atoms with Crippen molar-refractivity contribution in [1.29, 1.82) is 0 Å². The van der Waals surface area contributed by atoms with Crippen LogP contribution < -0.4 is 5.73 Å². The third-order valence-corrected chi connectivity index (χ3v) is 3.48. The molecule has 15 heavy (non-hydrogen) atoms. The Labute approximate surface area is 93.0 Å². The molecular weight excluding hydrogens is 188 g/mol. The van der Waals surface area contributed by atoms with Crippen molar-refractivity contribution in [3.05, 3.63) is 0 Å². The van der Waals surface area contributed by atoms with Crippen LogP contribution in [-0.2, 0) is 4.74 Å². The van der Waals surface area contributed by atoms with Gasteiger partial charge in [-0.2, -0.15) is 0 Å². The van der Waals surface area contributed by atoms with E-state index in [2.05, 4.69) is 4.90 Å². The molecule has 0 aliphatic heterocycles. The minimum Gasteiger partial charge on any atom is -0.379 e. The maximum absolute atomic E-state index is 5.67. The van der Waals surface area contributed by atoms with Gasteiger partial charge in [0.1, 0.15) is 0 Å². The molecule has 0 spiro atoms. The SMILES string of the molecule is COC(CN)CN(CC1CC1)CC1CC1. The molecular formula is C12H24N2O. The van der Waals surface area contributed by atoms with Crippen LogP contribution in [0.4, 0.5) is 0 Å². The summed E-state index contributed by atoms with van der Waals surface area (Å²) in [6.07, 6.45) is 5.95. The van der Waals surface area contributed by atoms with Gasteiger partial charge < -0.3 is 15.4 Å². The predicted molar refractivity (Wildman–Crippen MR) is 61.7 cm³/mol. The fourth-order valence-corrected chi connectivity index (χ4v) is 2.09. The molecule has 2 aliphatic rings. The summed E-state index contributed by atoms with van der Waals surface area (Å²) in [5.74, 6) is 1.94. The molecule has 0 saturated heterocycles. The first-order valence-electron chi connectivity index (χ1n) is 6.27. The molecule has 0 heterocycles. The zero-order valence-corrected chi connectivity index (χ0v) is 9.82. The lowest BCUT2D eigenvalue weighted by atomic mass is 10.2. The van der Waals surface area contributed by atoms with E-state index < -0.39 is 0 Å². The molecule has 1 atom stereocenters. The molecule has 0 aromatic carbocycles. The Hall–Kier alpha value is -0.120. The summed E-state index contributed by atoms with van der Waals surface area (Å²) >= 11 is 0. The highest BCUT2D eigenvalue weighted by atomic mass is 16.5. The number of rotatable bonds is 8. The third-order valence-electron chi connectivity index (χ3n) is 3.48. The fourth-order valence-electron chi connectivity index (χ4n) is 2.09. The second kappa shape index (κ2) is 5.28. The van der Waals surface area contributed by atoms with Gasteiger partial charge in [-0.1, -0.05) is 0 Å². The Morgan fingerprint density at radius 1 is 1.20 bits per heavy atom. The highest BCUT2D eigenvalue weighted by Gasteiger charge is 2.29. The van der Waals surface area contributed by atoms with Crippen molar-refractivity contribution in [2.24, 2.45) is 17.6 Å². The zero-order valence-electron chi connectivity index (χ0n) is 9.82. The fraction of sp³-hybridized carbons (Fsp3) is 1.00. The molecule has 3 heteroatoms. The van der Waals surface area contributed by atoms with Crippen molar-refractivity contribution in [3.63, 3.8) is 0 Å². The van der Waals surface area contributed by atoms with Crippen molar-refractivity contribution >= 4 is 0 Å². The van der Waals surface area contributed by atoms with Crippen LogP contribution in [0.1, 0.15) is 25.7 Å². The van der Waals surface area contributed by atoms with E-state index in [-0.39, 0.29) is 6.10 Å². The summed E-state index contributed by atoms with van der Waals surface area (Å²) in [6, 6.07) is 0. The summed E-state index contributed by atoms with van der Waals surface area (Å²) in [4.78, 5) is 2.58. The van der Waals surface area contributed by atoms with Crippen molar-refractivity contribution in [1.82, 2.24) is 4.90 Å². The second-order valence-corrected chi connectivity index (χ2v) is 5.20. The maximum atomic E-state index is 5.67. The van der Waals surface area contributed by atoms with Crippen LogP contribution in [0.2, 0.25) is 0 Å². The average Bonchev–Trinajstić information content (AvgIpc) is 3.09. The number of ether oxygens (including phenoxy) is 1. The van der Waals surface area contributed by atoms with E-state index in [1.165, 1.54) is 38.8 Å². The Morgan fingerprint density at radius 2 is 1.73 bits per heavy atom. The smallest absolute Gasteiger partial charge is 0.0820 e. The minimum atomic E-state index is 0.225. The van der Waals surface area contributed by atoms with E-state index in [4.69, 9.17) is 10.5 Å². The molecule has 2 rings (SSSR count). The van der Waals surface area contributed by atoms with E-state index in [0.29, 0.717) is 6.54 Å². The molecule has 0 radical (unpaired) electrons. The molecule has 1 unspecified atom stereocenters. The van der Waals surface area contributed by atoms with Crippen molar-refractivity contribution in [3.8, 4) is 0 Å². The third kappa shape index (κ3) is 4.09. The monoisotopic (exact) mass is 212 g/mol. The van der Waals surface area contributed by atoms with Gasteiger partial charge in [0.2, 0.25) is 0 Å². The number of hydrogen-bond acceptors (Lipinski definition) is 3. The van der Waals surface area contributed by atoms with Crippen LogP contribution in [0.3, 0.4) is 0 Å². The van der Waals surface area contributed by atoms with E-state index in [1.54, 1.807) is 7.11 Å². The molecule has 88 valence electrons. The first-order chi connectivity index (χ1) is 7.31. The molecule has 2 saturated carbocycles. The summed E-state index contributed by atoms with van der Waals surface area (Å²) in [6.45, 7) is 4.22. The van der Waals surface area contributed by atoms with Crippen LogP contribution >= 0.6 is 0 Å². The number of nitrogens with zero attached hydrogens (tertiary/aromatic N) is 1. The molecule has 0 amide bonds. The number of methoxy groups -OCH3 is 1. The Bertz CT molecular complexity index is 172. The van der Waals surface area contributed by atoms with E-state index in [1.807, 2.05) is 0 Å². The normalized spacial score (nSPS) is 23.4. The number of hydrogen-bond donors (Lipinski definition) is 1. The topological polar surface area (TPSA) is 38.5 Å². The van der Waals surface area contributed by atoms with Gasteiger partial charge in [0.15, 0.2) is 0 Å². The Balaban J connectivity index is 1.73. The second-order valence-electron chi connectivity index (χ2n) is 5.20. The number of nitrogens with two attached hydrogens (primary N) is 1. The van der Waals surface area contributed by atoms with Gasteiger partial charge in [0, 0.05) is 33.3 Å². The first kappa shape index (κ1) is 11.4. The van der Waals surface area contributed by atoms with Gasteiger partial charge in [-0.3, -0.25) is 0 Å². The first-order valence-corrected chi connectivity index (χ1v) is 6.27. The van der Waals surface area contributed by atoms with Crippen LogP contribution in [-0.4, -0.2) is 44.3 Å². The van der Waals surface area contributed by atoms with E-state index >= 15 is 0 Å². The molecule has 0 aromatic heterocycles. The molecule has 2 aliphatic carbocycles. The quantitative estimate of drug-likeness (QED) is 0.654. The van der Waals surface area contributed by atoms with Crippen LogP contribution in [0.5, 0.6) is 0 Å². The largest absolute Gasteiger partial charge is 0.379 e. The van der Waals surface area contributed by atoms with Gasteiger partial charge in [-0.25, -0.2) is 0 Å². The van der Waals surface area contributed by atoms with Gasteiger partial charge in [0.05, 0.1) is 6.10 Å². The molecule has 3 nitrogen and oxygen atoms in total. The van der Waals surface area contributed by atoms with E-state index in [0.717, 1.165) is 18.4 Å². The Kier molecular flexibility index (Phi) is 4.00. The van der Waals surface area contributed by atoms with Gasteiger partial charge in [-0.15, -0.1) is 0 Å². The van der Waals surface area contributed by atoms with Gasteiger partial charge >= 0.3 is 0 Å². The summed E-state index contributed by atoms with van der Waals surface area (Å²) in [7, 11) is 1.77. The molecule has 2 N–H and O–H groups in total. The highest BCUT2D eigenvalue weighted by molar-refractivity contribution is 4.83. The standard InChI is InChI=1S/C12H24N2O/c1-15-12(6-13)9-14(7-10-2-3-10)8-11-4-5-11/h10-12H,2-9,13H2,1H3. The molecule has 0 aromatic rings.